The summed E-state index contributed by atoms with van der Waals surface area (Å²) in [6, 6.07) is 10.8. The largest absolute Gasteiger partial charge is 0.495 e. The number of aromatic nitrogens is 4. The summed E-state index contributed by atoms with van der Waals surface area (Å²) in [5.41, 5.74) is 0.935. The third-order valence-corrected chi connectivity index (χ3v) is 4.42. The van der Waals surface area contributed by atoms with Crippen molar-refractivity contribution in [1.82, 2.24) is 20.2 Å². The number of hydrogen-bond donors (Lipinski definition) is 1. The van der Waals surface area contributed by atoms with Crippen molar-refractivity contribution >= 4 is 35.0 Å². The highest BCUT2D eigenvalue weighted by molar-refractivity contribution is 7.99. The number of ether oxygens (including phenoxy) is 1. The normalized spacial score (nSPS) is 10.6. The van der Waals surface area contributed by atoms with E-state index in [1.54, 1.807) is 30.3 Å². The van der Waals surface area contributed by atoms with Crippen molar-refractivity contribution in [3.63, 3.8) is 0 Å². The molecule has 2 aromatic carbocycles. The highest BCUT2D eigenvalue weighted by atomic mass is 35.5. The number of nitrogens with one attached hydrogen (secondary N) is 1. The molecule has 0 radical (unpaired) electrons. The number of carbonyl (C=O) groups is 1. The Hall–Kier alpha value is -2.65. The summed E-state index contributed by atoms with van der Waals surface area (Å²) in [4.78, 5) is 12.2. The molecule has 1 heterocycles. The van der Waals surface area contributed by atoms with Crippen LogP contribution >= 0.6 is 23.4 Å². The van der Waals surface area contributed by atoms with Crippen molar-refractivity contribution in [3.8, 4) is 11.4 Å². The van der Waals surface area contributed by atoms with E-state index >= 15 is 0 Å². The zero-order valence-corrected chi connectivity index (χ0v) is 15.1. The first kappa shape index (κ1) is 18.2. The van der Waals surface area contributed by atoms with Crippen molar-refractivity contribution in [2.24, 2.45) is 0 Å². The van der Waals surface area contributed by atoms with Gasteiger partial charge in [-0.25, -0.2) is 4.39 Å². The molecule has 3 rings (SSSR count). The molecule has 1 N–H and O–H groups in total. The average Bonchev–Trinajstić information content (AvgIpc) is 3.09. The Morgan fingerprint density at radius 2 is 2.19 bits per heavy atom. The van der Waals surface area contributed by atoms with Crippen LogP contribution in [-0.4, -0.2) is 39.0 Å². The van der Waals surface area contributed by atoms with E-state index in [1.165, 1.54) is 23.9 Å². The lowest BCUT2D eigenvalue weighted by Crippen LogP contribution is -2.15. The van der Waals surface area contributed by atoms with Crippen LogP contribution in [0.3, 0.4) is 0 Å². The van der Waals surface area contributed by atoms with Crippen molar-refractivity contribution in [2.75, 3.05) is 18.2 Å². The van der Waals surface area contributed by atoms with Gasteiger partial charge in [-0.15, -0.1) is 5.10 Å². The number of carbonyl (C=O) groups excluding carboxylic acids is 1. The number of nitrogens with zero attached hydrogens (tertiary/aromatic N) is 4. The number of benzene rings is 2. The summed E-state index contributed by atoms with van der Waals surface area (Å²) < 4.78 is 19.9. The summed E-state index contributed by atoms with van der Waals surface area (Å²) >= 11 is 7.06. The molecule has 0 aliphatic rings. The SMILES string of the molecule is COc1ccc(Cl)cc1NC(=O)CSc1nnnn1-c1cccc(F)c1. The van der Waals surface area contributed by atoms with Crippen LogP contribution in [0, 0.1) is 5.82 Å². The van der Waals surface area contributed by atoms with Crippen molar-refractivity contribution in [3.05, 3.63) is 53.3 Å². The van der Waals surface area contributed by atoms with Gasteiger partial charge in [-0.2, -0.15) is 4.68 Å². The topological polar surface area (TPSA) is 81.9 Å². The summed E-state index contributed by atoms with van der Waals surface area (Å²) in [6.45, 7) is 0. The predicted molar refractivity (Wildman–Crippen MR) is 96.5 cm³/mol. The van der Waals surface area contributed by atoms with E-state index < -0.39 is 5.82 Å². The van der Waals surface area contributed by atoms with Gasteiger partial charge in [0.2, 0.25) is 11.1 Å². The van der Waals surface area contributed by atoms with Crippen LogP contribution in [0.15, 0.2) is 47.6 Å². The molecule has 1 aromatic heterocycles. The third kappa shape index (κ3) is 4.30. The van der Waals surface area contributed by atoms with Gasteiger partial charge in [-0.1, -0.05) is 29.4 Å². The van der Waals surface area contributed by atoms with E-state index in [4.69, 9.17) is 16.3 Å². The molecule has 0 saturated heterocycles. The van der Waals surface area contributed by atoms with Gasteiger partial charge < -0.3 is 10.1 Å². The standard InChI is InChI=1S/C16H13ClFN5O2S/c1-25-14-6-5-10(17)7-13(14)19-15(24)9-26-16-20-21-22-23(16)12-4-2-3-11(18)8-12/h2-8H,9H2,1H3,(H,19,24). The van der Waals surface area contributed by atoms with Gasteiger partial charge >= 0.3 is 0 Å². The van der Waals surface area contributed by atoms with Crippen LogP contribution in [0.5, 0.6) is 5.75 Å². The minimum atomic E-state index is -0.403. The second-order valence-corrected chi connectivity index (χ2v) is 6.41. The van der Waals surface area contributed by atoms with Crippen molar-refractivity contribution < 1.29 is 13.9 Å². The van der Waals surface area contributed by atoms with Crippen LogP contribution in [0.4, 0.5) is 10.1 Å². The number of tetrazole rings is 1. The van der Waals surface area contributed by atoms with Crippen LogP contribution in [0.2, 0.25) is 5.02 Å². The van der Waals surface area contributed by atoms with Crippen molar-refractivity contribution in [2.45, 2.75) is 5.16 Å². The molecule has 0 saturated carbocycles. The molecule has 134 valence electrons. The highest BCUT2D eigenvalue weighted by Gasteiger charge is 2.13. The van der Waals surface area contributed by atoms with Gasteiger partial charge in [0.1, 0.15) is 11.6 Å². The van der Waals surface area contributed by atoms with Gasteiger partial charge in [-0.3, -0.25) is 4.79 Å². The molecule has 1 amide bonds. The second kappa shape index (κ2) is 8.15. The zero-order chi connectivity index (χ0) is 18.5. The molecule has 0 spiro atoms. The number of thioether (sulfide) groups is 1. The molecule has 26 heavy (non-hydrogen) atoms. The number of hydrogen-bond acceptors (Lipinski definition) is 6. The van der Waals surface area contributed by atoms with Gasteiger partial charge in [0, 0.05) is 5.02 Å². The first-order valence-corrected chi connectivity index (χ1v) is 8.73. The average molecular weight is 394 g/mol. The van der Waals surface area contributed by atoms with Crippen LogP contribution in [0.25, 0.3) is 5.69 Å². The fraction of sp³-hybridized carbons (Fsp3) is 0.125. The lowest BCUT2D eigenvalue weighted by atomic mass is 10.3. The molecule has 0 atom stereocenters. The molecule has 0 aliphatic carbocycles. The van der Waals surface area contributed by atoms with Gasteiger partial charge in [-0.05, 0) is 46.8 Å². The van der Waals surface area contributed by atoms with Crippen LogP contribution in [-0.2, 0) is 4.79 Å². The number of rotatable bonds is 6. The third-order valence-electron chi connectivity index (χ3n) is 3.26. The maximum atomic E-state index is 13.4. The van der Waals surface area contributed by atoms with E-state index in [0.717, 1.165) is 11.8 Å². The van der Waals surface area contributed by atoms with E-state index in [-0.39, 0.29) is 11.7 Å². The Morgan fingerprint density at radius 1 is 1.35 bits per heavy atom. The maximum Gasteiger partial charge on any atom is 0.234 e. The molecular formula is C16H13ClFN5O2S. The smallest absolute Gasteiger partial charge is 0.234 e. The molecule has 3 aromatic rings. The fourth-order valence-corrected chi connectivity index (χ4v) is 3.00. The number of halogens is 2. The number of amides is 1. The molecule has 0 fully saturated rings. The first-order chi connectivity index (χ1) is 12.6. The molecular weight excluding hydrogens is 381 g/mol. The Labute approximate surface area is 157 Å². The second-order valence-electron chi connectivity index (χ2n) is 5.03. The highest BCUT2D eigenvalue weighted by Crippen LogP contribution is 2.28. The monoisotopic (exact) mass is 393 g/mol. The zero-order valence-electron chi connectivity index (χ0n) is 13.5. The van der Waals surface area contributed by atoms with Crippen LogP contribution in [0.1, 0.15) is 0 Å². The quantitative estimate of drug-likeness (QED) is 0.648. The van der Waals surface area contributed by atoms with Gasteiger partial charge in [0.15, 0.2) is 0 Å². The Balaban J connectivity index is 1.68. The molecule has 0 aliphatic heterocycles. The number of methoxy groups -OCH3 is 1. The number of anilines is 1. The van der Waals surface area contributed by atoms with Crippen molar-refractivity contribution in [1.29, 1.82) is 0 Å². The summed E-state index contributed by atoms with van der Waals surface area (Å²) in [6.07, 6.45) is 0. The van der Waals surface area contributed by atoms with E-state index in [0.29, 0.717) is 27.3 Å². The Kier molecular flexibility index (Phi) is 5.69. The fourth-order valence-electron chi connectivity index (χ4n) is 2.13. The lowest BCUT2D eigenvalue weighted by Gasteiger charge is -2.10. The Bertz CT molecular complexity index is 937. The lowest BCUT2D eigenvalue weighted by molar-refractivity contribution is -0.113. The Morgan fingerprint density at radius 3 is 2.96 bits per heavy atom. The molecule has 7 nitrogen and oxygen atoms in total. The predicted octanol–water partition coefficient (Wildman–Crippen LogP) is 3.19. The molecule has 0 unspecified atom stereocenters. The van der Waals surface area contributed by atoms with E-state index in [2.05, 4.69) is 20.8 Å². The summed E-state index contributed by atoms with van der Waals surface area (Å²) in [7, 11) is 1.50. The van der Waals surface area contributed by atoms with E-state index in [9.17, 15) is 9.18 Å². The van der Waals surface area contributed by atoms with Gasteiger partial charge in [0.05, 0.1) is 24.2 Å². The minimum absolute atomic E-state index is 0.0470. The van der Waals surface area contributed by atoms with Crippen LogP contribution < -0.4 is 10.1 Å². The minimum Gasteiger partial charge on any atom is -0.495 e. The summed E-state index contributed by atoms with van der Waals surface area (Å²) in [5, 5.41) is 14.8. The first-order valence-electron chi connectivity index (χ1n) is 7.37. The molecule has 0 bridgehead atoms. The van der Waals surface area contributed by atoms with Gasteiger partial charge in [0.25, 0.3) is 0 Å². The maximum absolute atomic E-state index is 13.4. The summed E-state index contributed by atoms with van der Waals surface area (Å²) in [5.74, 6) is -0.146. The molecule has 10 heteroatoms. The van der Waals surface area contributed by atoms with E-state index in [1.807, 2.05) is 0 Å².